The number of hydrogen-bond acceptors (Lipinski definition) is 8. The molecule has 0 atom stereocenters. The molecule has 3 aromatic heterocycles. The van der Waals surface area contributed by atoms with Gasteiger partial charge in [-0.1, -0.05) is 121 Å². The van der Waals surface area contributed by atoms with Gasteiger partial charge in [0.1, 0.15) is 0 Å². The molecule has 10 nitrogen and oxygen atoms in total. The van der Waals surface area contributed by atoms with Gasteiger partial charge in [0.25, 0.3) is 0 Å². The van der Waals surface area contributed by atoms with E-state index in [1.54, 1.807) is 12.1 Å². The molecule has 2 aliphatic heterocycles. The van der Waals surface area contributed by atoms with E-state index in [1.807, 2.05) is 198 Å². The van der Waals surface area contributed by atoms with Gasteiger partial charge in [0.05, 0.1) is 46.1 Å². The van der Waals surface area contributed by atoms with Crippen LogP contribution < -0.4 is 0 Å². The van der Waals surface area contributed by atoms with Crippen LogP contribution in [0.4, 0.5) is 0 Å². The molecule has 2 N–H and O–H groups in total. The molecule has 0 fully saturated rings. The highest BCUT2D eigenvalue weighted by Crippen LogP contribution is 2.44. The van der Waals surface area contributed by atoms with Crippen LogP contribution in [0.2, 0.25) is 0 Å². The molecular weight excluding hydrogens is 945 g/mol. The number of carbonyl (C=O) groups is 4. The Morgan fingerprint density at radius 2 is 0.697 bits per heavy atom. The minimum atomic E-state index is -0.467. The zero-order valence-corrected chi connectivity index (χ0v) is 41.8. The highest BCUT2D eigenvalue weighted by Gasteiger charge is 2.40. The van der Waals surface area contributed by atoms with E-state index >= 15 is 19.2 Å². The molecular formula is C66H46N4O6. The minimum Gasteiger partial charge on any atom is -0.486 e. The van der Waals surface area contributed by atoms with E-state index in [0.717, 1.165) is 21.9 Å². The Kier molecular flexibility index (Phi) is 10.9. The third kappa shape index (κ3) is 7.40. The largest absolute Gasteiger partial charge is 0.486 e. The molecule has 10 heteroatoms. The summed E-state index contributed by atoms with van der Waals surface area (Å²) >= 11 is 0. The van der Waals surface area contributed by atoms with E-state index < -0.39 is 23.8 Å². The van der Waals surface area contributed by atoms with Crippen molar-refractivity contribution in [3.8, 4) is 22.3 Å². The van der Waals surface area contributed by atoms with E-state index in [-0.39, 0.29) is 45.4 Å². The van der Waals surface area contributed by atoms with Crippen LogP contribution in [-0.2, 0) is 9.47 Å². The number of benzene rings is 6. The second-order valence-electron chi connectivity index (χ2n) is 19.7. The number of allylic oxidation sites excluding steroid dienone is 4. The summed E-state index contributed by atoms with van der Waals surface area (Å²) in [5.41, 5.74) is 9.38. The summed E-state index contributed by atoms with van der Waals surface area (Å²) in [6, 6.07) is 49.6. The molecule has 9 aromatic rings. The number of aromatic nitrogens is 4. The maximum atomic E-state index is 15.5. The summed E-state index contributed by atoms with van der Waals surface area (Å²) in [6.45, 7) is 7.35. The Bertz CT molecular complexity index is 4080. The van der Waals surface area contributed by atoms with Crippen molar-refractivity contribution in [2.75, 3.05) is 0 Å². The Balaban J connectivity index is 1.17. The lowest BCUT2D eigenvalue weighted by atomic mass is 9.82. The predicted molar refractivity (Wildman–Crippen MR) is 301 cm³/mol. The van der Waals surface area contributed by atoms with Crippen molar-refractivity contribution in [3.63, 3.8) is 0 Å². The van der Waals surface area contributed by atoms with Crippen LogP contribution >= 0.6 is 0 Å². The first-order valence-corrected chi connectivity index (χ1v) is 25.3. The lowest BCUT2D eigenvalue weighted by Crippen LogP contribution is -2.25. The first kappa shape index (κ1) is 46.0. The normalized spacial score (nSPS) is 14.2. The Morgan fingerprint density at radius 1 is 0.355 bits per heavy atom. The topological polar surface area (TPSA) is 144 Å². The summed E-state index contributed by atoms with van der Waals surface area (Å²) in [5, 5.41) is 2.99. The fourth-order valence-electron chi connectivity index (χ4n) is 11.0. The van der Waals surface area contributed by atoms with Crippen molar-refractivity contribution >= 4 is 102 Å². The van der Waals surface area contributed by atoms with Gasteiger partial charge in [0.15, 0.2) is 23.1 Å². The molecule has 4 aliphatic rings. The average Bonchev–Trinajstić information content (AvgIpc) is 4.31. The van der Waals surface area contributed by atoms with E-state index in [4.69, 9.17) is 19.4 Å². The quantitative estimate of drug-likeness (QED) is 0.153. The van der Waals surface area contributed by atoms with Gasteiger partial charge in [-0.15, -0.1) is 0 Å². The number of fused-ring (bicyclic) bond motifs is 14. The van der Waals surface area contributed by atoms with Crippen LogP contribution in [0, 0.1) is 0 Å². The lowest BCUT2D eigenvalue weighted by Gasteiger charge is -2.24. The molecule has 2 aliphatic carbocycles. The molecule has 0 spiro atoms. The Labute approximate surface area is 436 Å². The third-order valence-electron chi connectivity index (χ3n) is 14.2. The van der Waals surface area contributed by atoms with E-state index in [2.05, 4.69) is 9.97 Å². The third-order valence-corrected chi connectivity index (χ3v) is 14.2. The van der Waals surface area contributed by atoms with Crippen LogP contribution in [0.25, 0.3) is 101 Å². The van der Waals surface area contributed by atoms with Gasteiger partial charge in [-0.05, 0) is 121 Å². The fourth-order valence-corrected chi connectivity index (χ4v) is 11.0. The molecule has 0 unspecified atom stereocenters. The van der Waals surface area contributed by atoms with Crippen molar-refractivity contribution < 1.29 is 28.7 Å². The number of nitrogens with one attached hydrogen (secondary N) is 2. The standard InChI is InChI=1S/C66H46N4O6/c1-35(2)75-65-59(61(71)43-25-23-37-15-11-13-21-41(37)55(43)63(65)73)57-49-31-27-45(67-49)53(39-17-7-5-8-18-39)47-29-33-51(69-47)58(52-34-30-48(70-52)54(40-19-9-6-10-20-40)46-28-32-50(57)68-46)60-62(72)44-26-24-38-16-12-14-22-42(38)56(44)64(74)66(60)76-36(3)4/h5-36,67,70H,1-4H3. The van der Waals surface area contributed by atoms with Gasteiger partial charge in [-0.2, -0.15) is 0 Å². The number of nitrogens with zero attached hydrogens (tertiary/aromatic N) is 2. The molecule has 13 rings (SSSR count). The maximum Gasteiger partial charge on any atom is 0.229 e. The molecule has 8 bridgehead atoms. The first-order chi connectivity index (χ1) is 37.0. The summed E-state index contributed by atoms with van der Waals surface area (Å²) in [6.07, 6.45) is 6.59. The van der Waals surface area contributed by atoms with Crippen LogP contribution in [0.15, 0.2) is 169 Å². The van der Waals surface area contributed by atoms with Gasteiger partial charge < -0.3 is 19.4 Å². The van der Waals surface area contributed by atoms with Crippen LogP contribution in [0.1, 0.15) is 103 Å². The van der Waals surface area contributed by atoms with Crippen molar-refractivity contribution in [1.29, 1.82) is 0 Å². The lowest BCUT2D eigenvalue weighted by molar-refractivity contribution is 0.0822. The van der Waals surface area contributed by atoms with Crippen molar-refractivity contribution in [1.82, 2.24) is 19.9 Å². The highest BCUT2D eigenvalue weighted by atomic mass is 16.5. The van der Waals surface area contributed by atoms with Crippen molar-refractivity contribution in [2.24, 2.45) is 0 Å². The summed E-state index contributed by atoms with van der Waals surface area (Å²) in [5.74, 6) is -1.66. The zero-order chi connectivity index (χ0) is 51.9. The van der Waals surface area contributed by atoms with Gasteiger partial charge in [0.2, 0.25) is 11.6 Å². The molecule has 366 valence electrons. The van der Waals surface area contributed by atoms with Gasteiger partial charge >= 0.3 is 0 Å². The minimum absolute atomic E-state index is 0.0606. The number of aromatic amines is 2. The molecule has 5 heterocycles. The van der Waals surface area contributed by atoms with Crippen molar-refractivity contribution in [3.05, 3.63) is 225 Å². The number of hydrogen-bond donors (Lipinski definition) is 2. The zero-order valence-electron chi connectivity index (χ0n) is 41.8. The van der Waals surface area contributed by atoms with Crippen LogP contribution in [-0.4, -0.2) is 55.3 Å². The van der Waals surface area contributed by atoms with E-state index in [9.17, 15) is 0 Å². The SMILES string of the molecule is CC(C)OC1=C(c2c3nc(c(-c4ccccc4)c4ccc([nH]4)c(C4=C(OC(C)C)C(=O)c5c(ccc6ccccc56)C4=O)c4nc(c(-c5ccccc5)c5ccc2[nH]5)C=C4)C=C3)C(=O)c2ccc3ccccc3c2C1=O. The molecule has 76 heavy (non-hydrogen) atoms. The smallest absolute Gasteiger partial charge is 0.229 e. The number of rotatable bonds is 8. The molecule has 0 radical (unpaired) electrons. The number of carbonyl (C=O) groups excluding carboxylic acids is 4. The maximum absolute atomic E-state index is 15.5. The number of Topliss-reactive ketones (excluding diaryl/α,β-unsaturated/α-hetero) is 4. The summed E-state index contributed by atoms with van der Waals surface area (Å²) < 4.78 is 13.0. The van der Waals surface area contributed by atoms with Crippen molar-refractivity contribution in [2.45, 2.75) is 39.9 Å². The Hall–Kier alpha value is -9.80. The highest BCUT2D eigenvalue weighted by molar-refractivity contribution is 6.44. The molecule has 0 saturated heterocycles. The monoisotopic (exact) mass is 990 g/mol. The number of H-pyrrole nitrogens is 2. The predicted octanol–water partition coefficient (Wildman–Crippen LogP) is 14.7. The summed E-state index contributed by atoms with van der Waals surface area (Å²) in [7, 11) is 0. The second kappa shape index (κ2) is 18.0. The number of ether oxygens (including phenoxy) is 2. The van der Waals surface area contributed by atoms with Gasteiger partial charge in [0, 0.05) is 66.6 Å². The van der Waals surface area contributed by atoms with Gasteiger partial charge in [-0.3, -0.25) is 19.2 Å². The van der Waals surface area contributed by atoms with Gasteiger partial charge in [-0.25, -0.2) is 9.97 Å². The fraction of sp³-hybridized carbons (Fsp3) is 0.0909. The van der Waals surface area contributed by atoms with E-state index in [0.29, 0.717) is 89.0 Å². The van der Waals surface area contributed by atoms with Crippen LogP contribution in [0.5, 0.6) is 0 Å². The average molecular weight is 991 g/mol. The second-order valence-corrected chi connectivity index (χ2v) is 19.7. The summed E-state index contributed by atoms with van der Waals surface area (Å²) in [4.78, 5) is 79.4. The molecule has 0 saturated carbocycles. The Morgan fingerprint density at radius 3 is 1.08 bits per heavy atom. The van der Waals surface area contributed by atoms with E-state index in [1.165, 1.54) is 0 Å². The van der Waals surface area contributed by atoms with Crippen LogP contribution in [0.3, 0.4) is 0 Å². The number of ketones is 4. The first-order valence-electron chi connectivity index (χ1n) is 25.3. The molecule has 6 aromatic carbocycles. The molecule has 0 amide bonds.